The molecule has 4 rings (SSSR count). The topological polar surface area (TPSA) is 56.7 Å². The molecule has 2 aliphatic rings. The number of carbonyl (C=O) groups is 1. The van der Waals surface area contributed by atoms with Crippen molar-refractivity contribution < 1.29 is 9.90 Å². The SMILES string of the molecule is CC1CN(Cc2ccccc2)Cc2ccc(C3=CCN(C(=O)O)CC3)nc21. The van der Waals surface area contributed by atoms with Gasteiger partial charge in [0.05, 0.1) is 5.69 Å². The molecule has 1 aromatic heterocycles. The summed E-state index contributed by atoms with van der Waals surface area (Å²) < 4.78 is 0. The number of hydrogen-bond acceptors (Lipinski definition) is 3. The summed E-state index contributed by atoms with van der Waals surface area (Å²) in [6.07, 6.45) is 1.88. The lowest BCUT2D eigenvalue weighted by atomic mass is 9.94. The quantitative estimate of drug-likeness (QED) is 0.896. The van der Waals surface area contributed by atoms with Crippen molar-refractivity contribution in [2.45, 2.75) is 32.4 Å². The van der Waals surface area contributed by atoms with Gasteiger partial charge in [-0.15, -0.1) is 0 Å². The third-order valence-electron chi connectivity index (χ3n) is 5.46. The Morgan fingerprint density at radius 2 is 2.04 bits per heavy atom. The summed E-state index contributed by atoms with van der Waals surface area (Å²) in [7, 11) is 0. The van der Waals surface area contributed by atoms with E-state index in [0.29, 0.717) is 19.0 Å². The second-order valence-corrected chi connectivity index (χ2v) is 7.51. The zero-order valence-electron chi connectivity index (χ0n) is 15.6. The molecule has 1 atom stereocenters. The van der Waals surface area contributed by atoms with Crippen LogP contribution in [0.15, 0.2) is 48.5 Å². The minimum absolute atomic E-state index is 0.386. The van der Waals surface area contributed by atoms with Crippen LogP contribution in [0, 0.1) is 0 Å². The van der Waals surface area contributed by atoms with Gasteiger partial charge in [-0.1, -0.05) is 49.4 Å². The highest BCUT2D eigenvalue weighted by Gasteiger charge is 2.25. The molecule has 140 valence electrons. The van der Waals surface area contributed by atoms with Crippen LogP contribution in [0.4, 0.5) is 4.79 Å². The minimum atomic E-state index is -0.851. The largest absolute Gasteiger partial charge is 0.465 e. The van der Waals surface area contributed by atoms with E-state index in [1.807, 2.05) is 6.08 Å². The summed E-state index contributed by atoms with van der Waals surface area (Å²) in [5.74, 6) is 0.386. The normalized spacial score (nSPS) is 20.1. The lowest BCUT2D eigenvalue weighted by Gasteiger charge is -2.33. The number of aromatic nitrogens is 1. The van der Waals surface area contributed by atoms with Crippen LogP contribution < -0.4 is 0 Å². The molecule has 1 N–H and O–H groups in total. The lowest BCUT2D eigenvalue weighted by molar-refractivity contribution is 0.150. The van der Waals surface area contributed by atoms with Crippen LogP contribution in [-0.4, -0.2) is 45.6 Å². The van der Waals surface area contributed by atoms with E-state index < -0.39 is 6.09 Å². The molecule has 1 unspecified atom stereocenters. The molecule has 3 heterocycles. The highest BCUT2D eigenvalue weighted by Crippen LogP contribution is 2.30. The fourth-order valence-electron chi connectivity index (χ4n) is 4.06. The standard InChI is InChI=1S/C22H25N3O2/c1-16-13-24(14-17-5-3-2-4-6-17)15-19-7-8-20(23-21(16)19)18-9-11-25(12-10-18)22(26)27/h2-9,16H,10-15H2,1H3,(H,26,27). The van der Waals surface area contributed by atoms with E-state index in [-0.39, 0.29) is 0 Å². The number of rotatable bonds is 3. The van der Waals surface area contributed by atoms with E-state index in [1.165, 1.54) is 21.7 Å². The van der Waals surface area contributed by atoms with Gasteiger partial charge in [0.25, 0.3) is 0 Å². The van der Waals surface area contributed by atoms with Crippen LogP contribution in [0.3, 0.4) is 0 Å². The summed E-state index contributed by atoms with van der Waals surface area (Å²) in [5.41, 5.74) is 6.00. The predicted molar refractivity (Wildman–Crippen MR) is 105 cm³/mol. The highest BCUT2D eigenvalue weighted by molar-refractivity contribution is 5.70. The molecule has 0 radical (unpaired) electrons. The zero-order valence-corrected chi connectivity index (χ0v) is 15.6. The number of hydrogen-bond donors (Lipinski definition) is 1. The van der Waals surface area contributed by atoms with Crippen molar-refractivity contribution in [2.75, 3.05) is 19.6 Å². The Bertz CT molecular complexity index is 863. The van der Waals surface area contributed by atoms with Crippen LogP contribution in [0.25, 0.3) is 5.57 Å². The molecule has 1 amide bonds. The summed E-state index contributed by atoms with van der Waals surface area (Å²) in [6, 6.07) is 14.9. The van der Waals surface area contributed by atoms with Crippen LogP contribution in [0.2, 0.25) is 0 Å². The third kappa shape index (κ3) is 3.88. The number of nitrogens with zero attached hydrogens (tertiary/aromatic N) is 3. The average molecular weight is 363 g/mol. The number of benzene rings is 1. The van der Waals surface area contributed by atoms with Gasteiger partial charge in [-0.2, -0.15) is 0 Å². The van der Waals surface area contributed by atoms with Crippen molar-refractivity contribution in [3.63, 3.8) is 0 Å². The Morgan fingerprint density at radius 3 is 2.74 bits per heavy atom. The predicted octanol–water partition coefficient (Wildman–Crippen LogP) is 3.97. The van der Waals surface area contributed by atoms with Crippen molar-refractivity contribution in [1.82, 2.24) is 14.8 Å². The Hall–Kier alpha value is -2.66. The van der Waals surface area contributed by atoms with Crippen LogP contribution in [-0.2, 0) is 13.1 Å². The summed E-state index contributed by atoms with van der Waals surface area (Å²) in [6.45, 7) is 6.12. The van der Waals surface area contributed by atoms with Gasteiger partial charge in [0.1, 0.15) is 0 Å². The van der Waals surface area contributed by atoms with Gasteiger partial charge in [-0.25, -0.2) is 4.79 Å². The van der Waals surface area contributed by atoms with Crippen LogP contribution in [0.5, 0.6) is 0 Å². The molecule has 0 spiro atoms. The average Bonchev–Trinajstić information content (AvgIpc) is 2.69. The maximum Gasteiger partial charge on any atom is 0.407 e. The Labute approximate surface area is 159 Å². The van der Waals surface area contributed by atoms with Gasteiger partial charge in [-0.3, -0.25) is 9.88 Å². The molecule has 27 heavy (non-hydrogen) atoms. The van der Waals surface area contributed by atoms with Crippen molar-refractivity contribution >= 4 is 11.7 Å². The highest BCUT2D eigenvalue weighted by atomic mass is 16.4. The molecular formula is C22H25N3O2. The molecule has 2 aliphatic heterocycles. The van der Waals surface area contributed by atoms with E-state index in [4.69, 9.17) is 10.1 Å². The second-order valence-electron chi connectivity index (χ2n) is 7.51. The van der Waals surface area contributed by atoms with Crippen molar-refractivity contribution in [1.29, 1.82) is 0 Å². The van der Waals surface area contributed by atoms with E-state index in [2.05, 4.69) is 54.3 Å². The minimum Gasteiger partial charge on any atom is -0.465 e. The number of fused-ring (bicyclic) bond motifs is 1. The number of amides is 1. The molecule has 0 aliphatic carbocycles. The molecule has 0 bridgehead atoms. The van der Waals surface area contributed by atoms with E-state index in [1.54, 1.807) is 0 Å². The molecule has 2 aromatic rings. The molecule has 0 saturated heterocycles. The van der Waals surface area contributed by atoms with Gasteiger partial charge in [0.2, 0.25) is 0 Å². The molecule has 0 saturated carbocycles. The molecular weight excluding hydrogens is 338 g/mol. The van der Waals surface area contributed by atoms with Crippen molar-refractivity contribution in [3.05, 3.63) is 71.1 Å². The molecule has 0 fully saturated rings. The van der Waals surface area contributed by atoms with Crippen LogP contribution >= 0.6 is 0 Å². The van der Waals surface area contributed by atoms with Crippen molar-refractivity contribution in [3.8, 4) is 0 Å². The summed E-state index contributed by atoms with van der Waals surface area (Å²) in [4.78, 5) is 20.0. The second kappa shape index (κ2) is 7.53. The smallest absolute Gasteiger partial charge is 0.407 e. The Balaban J connectivity index is 1.50. The third-order valence-corrected chi connectivity index (χ3v) is 5.46. The maximum atomic E-state index is 11.1. The van der Waals surface area contributed by atoms with E-state index in [0.717, 1.165) is 37.3 Å². The van der Waals surface area contributed by atoms with Crippen molar-refractivity contribution in [2.24, 2.45) is 0 Å². The van der Waals surface area contributed by atoms with Gasteiger partial charge < -0.3 is 10.0 Å². The first-order valence-corrected chi connectivity index (χ1v) is 9.53. The number of pyridine rings is 1. The molecule has 5 heteroatoms. The first kappa shape index (κ1) is 17.7. The Morgan fingerprint density at radius 1 is 1.22 bits per heavy atom. The first-order valence-electron chi connectivity index (χ1n) is 9.53. The molecule has 1 aromatic carbocycles. The van der Waals surface area contributed by atoms with Gasteiger partial charge in [0.15, 0.2) is 0 Å². The number of carboxylic acid groups (broad SMARTS) is 1. The zero-order chi connectivity index (χ0) is 18.8. The van der Waals surface area contributed by atoms with Crippen LogP contribution in [0.1, 0.15) is 41.8 Å². The van der Waals surface area contributed by atoms with Gasteiger partial charge >= 0.3 is 6.09 Å². The fourth-order valence-corrected chi connectivity index (χ4v) is 4.06. The summed E-state index contributed by atoms with van der Waals surface area (Å²) >= 11 is 0. The fraction of sp³-hybridized carbons (Fsp3) is 0.364. The maximum absolute atomic E-state index is 11.1. The van der Waals surface area contributed by atoms with Gasteiger partial charge in [-0.05, 0) is 29.2 Å². The molecule has 5 nitrogen and oxygen atoms in total. The van der Waals surface area contributed by atoms with E-state index in [9.17, 15) is 4.79 Å². The monoisotopic (exact) mass is 363 g/mol. The first-order chi connectivity index (χ1) is 13.1. The lowest BCUT2D eigenvalue weighted by Crippen LogP contribution is -2.34. The summed E-state index contributed by atoms with van der Waals surface area (Å²) in [5, 5.41) is 9.09. The van der Waals surface area contributed by atoms with E-state index >= 15 is 0 Å². The Kier molecular flexibility index (Phi) is 4.94. The van der Waals surface area contributed by atoms with Gasteiger partial charge in [0, 0.05) is 44.3 Å².